The zero-order valence-electron chi connectivity index (χ0n) is 14.3. The highest BCUT2D eigenvalue weighted by molar-refractivity contribution is 5.32. The zero-order valence-corrected chi connectivity index (χ0v) is 14.3. The molecule has 3 rings (SSSR count). The smallest absolute Gasteiger partial charge is 0.228 e. The monoisotopic (exact) mass is 328 g/mol. The van der Waals surface area contributed by atoms with E-state index in [1.54, 1.807) is 26.5 Å². The maximum Gasteiger partial charge on any atom is 0.228 e. The molecule has 1 atom stereocenters. The summed E-state index contributed by atoms with van der Waals surface area (Å²) in [5.41, 5.74) is 1.22. The number of methoxy groups -OCH3 is 2. The van der Waals surface area contributed by atoms with Crippen molar-refractivity contribution in [1.82, 2.24) is 14.9 Å². The van der Waals surface area contributed by atoms with Gasteiger partial charge in [0.05, 0.1) is 13.2 Å². The van der Waals surface area contributed by atoms with Crippen LogP contribution in [0.2, 0.25) is 0 Å². The first-order valence-corrected chi connectivity index (χ1v) is 8.22. The van der Waals surface area contributed by atoms with Crippen LogP contribution in [0.4, 0.5) is 5.95 Å². The van der Waals surface area contributed by atoms with Crippen molar-refractivity contribution in [2.24, 2.45) is 0 Å². The molecule has 2 aromatic rings. The van der Waals surface area contributed by atoms with Gasteiger partial charge in [0.15, 0.2) is 0 Å². The molecule has 128 valence electrons. The van der Waals surface area contributed by atoms with Crippen molar-refractivity contribution in [3.05, 3.63) is 48.2 Å². The minimum absolute atomic E-state index is 0.103. The SMILES string of the molecule is COc1ccnc(N2CCN(CC(OC)c3ccccc3)CC2)n1. The van der Waals surface area contributed by atoms with E-state index in [0.29, 0.717) is 5.88 Å². The first-order chi connectivity index (χ1) is 11.8. The zero-order chi connectivity index (χ0) is 16.8. The molecule has 1 aliphatic heterocycles. The van der Waals surface area contributed by atoms with Crippen LogP contribution in [0.25, 0.3) is 0 Å². The third kappa shape index (κ3) is 4.01. The highest BCUT2D eigenvalue weighted by Gasteiger charge is 2.22. The average Bonchev–Trinajstić information content (AvgIpc) is 2.67. The molecule has 0 saturated carbocycles. The first-order valence-electron chi connectivity index (χ1n) is 8.22. The molecule has 1 aromatic heterocycles. The molecule has 0 spiro atoms. The summed E-state index contributed by atoms with van der Waals surface area (Å²) in [5.74, 6) is 1.34. The van der Waals surface area contributed by atoms with Crippen LogP contribution in [0.1, 0.15) is 11.7 Å². The predicted octanol–water partition coefficient (Wildman–Crippen LogP) is 1.99. The summed E-state index contributed by atoms with van der Waals surface area (Å²) in [6.07, 6.45) is 1.84. The molecule has 0 bridgehead atoms. The lowest BCUT2D eigenvalue weighted by atomic mass is 10.1. The topological polar surface area (TPSA) is 50.7 Å². The third-order valence-corrected chi connectivity index (χ3v) is 4.36. The Bertz CT molecular complexity index is 630. The van der Waals surface area contributed by atoms with Crippen LogP contribution in [0.15, 0.2) is 42.6 Å². The van der Waals surface area contributed by atoms with Crippen LogP contribution in [0.5, 0.6) is 5.88 Å². The van der Waals surface area contributed by atoms with Crippen molar-refractivity contribution >= 4 is 5.95 Å². The fraction of sp³-hybridized carbons (Fsp3) is 0.444. The summed E-state index contributed by atoms with van der Waals surface area (Å²) in [6.45, 7) is 4.63. The number of aromatic nitrogens is 2. The summed E-state index contributed by atoms with van der Waals surface area (Å²) in [6, 6.07) is 12.1. The lowest BCUT2D eigenvalue weighted by molar-refractivity contribution is 0.0614. The van der Waals surface area contributed by atoms with Gasteiger partial charge in [-0.3, -0.25) is 4.90 Å². The van der Waals surface area contributed by atoms with Crippen LogP contribution < -0.4 is 9.64 Å². The minimum atomic E-state index is 0.103. The van der Waals surface area contributed by atoms with E-state index in [9.17, 15) is 0 Å². The second kappa shape index (κ2) is 8.08. The Kier molecular flexibility index (Phi) is 5.61. The summed E-state index contributed by atoms with van der Waals surface area (Å²) < 4.78 is 10.9. The summed E-state index contributed by atoms with van der Waals surface area (Å²) in [7, 11) is 3.40. The maximum absolute atomic E-state index is 5.68. The molecule has 0 radical (unpaired) electrons. The van der Waals surface area contributed by atoms with E-state index in [-0.39, 0.29) is 6.10 Å². The lowest BCUT2D eigenvalue weighted by Crippen LogP contribution is -2.48. The van der Waals surface area contributed by atoms with Gasteiger partial charge in [-0.05, 0) is 5.56 Å². The Morgan fingerprint density at radius 3 is 2.46 bits per heavy atom. The highest BCUT2D eigenvalue weighted by Crippen LogP contribution is 2.20. The van der Waals surface area contributed by atoms with Crippen molar-refractivity contribution in [3.8, 4) is 5.88 Å². The molecule has 1 saturated heterocycles. The predicted molar refractivity (Wildman–Crippen MR) is 93.4 cm³/mol. The molecule has 1 unspecified atom stereocenters. The van der Waals surface area contributed by atoms with Gasteiger partial charge in [0, 0.05) is 52.1 Å². The van der Waals surface area contributed by atoms with Crippen molar-refractivity contribution in [2.45, 2.75) is 6.10 Å². The van der Waals surface area contributed by atoms with Crippen molar-refractivity contribution < 1.29 is 9.47 Å². The van der Waals surface area contributed by atoms with E-state index in [4.69, 9.17) is 9.47 Å². The summed E-state index contributed by atoms with van der Waals surface area (Å²) in [4.78, 5) is 13.4. The van der Waals surface area contributed by atoms with Gasteiger partial charge >= 0.3 is 0 Å². The number of rotatable bonds is 6. The van der Waals surface area contributed by atoms with E-state index < -0.39 is 0 Å². The van der Waals surface area contributed by atoms with E-state index in [0.717, 1.165) is 38.7 Å². The van der Waals surface area contributed by atoms with E-state index in [2.05, 4.69) is 44.0 Å². The molecular formula is C18H24N4O2. The van der Waals surface area contributed by atoms with Gasteiger partial charge in [0.1, 0.15) is 0 Å². The van der Waals surface area contributed by atoms with E-state index >= 15 is 0 Å². The van der Waals surface area contributed by atoms with Crippen LogP contribution in [0.3, 0.4) is 0 Å². The Balaban J connectivity index is 1.56. The van der Waals surface area contributed by atoms with Crippen molar-refractivity contribution in [3.63, 3.8) is 0 Å². The Morgan fingerprint density at radius 1 is 1.04 bits per heavy atom. The summed E-state index contributed by atoms with van der Waals surface area (Å²) in [5, 5.41) is 0. The average molecular weight is 328 g/mol. The molecule has 6 nitrogen and oxygen atoms in total. The van der Waals surface area contributed by atoms with Gasteiger partial charge in [0.25, 0.3) is 0 Å². The molecule has 0 N–H and O–H groups in total. The highest BCUT2D eigenvalue weighted by atomic mass is 16.5. The molecule has 1 fully saturated rings. The molecule has 1 aliphatic rings. The molecule has 0 aliphatic carbocycles. The number of ether oxygens (including phenoxy) is 2. The van der Waals surface area contributed by atoms with E-state index in [1.165, 1.54) is 5.56 Å². The van der Waals surface area contributed by atoms with Gasteiger partial charge in [-0.1, -0.05) is 30.3 Å². The molecule has 1 aromatic carbocycles. The van der Waals surface area contributed by atoms with Gasteiger partial charge in [-0.15, -0.1) is 0 Å². The second-order valence-corrected chi connectivity index (χ2v) is 5.82. The minimum Gasteiger partial charge on any atom is -0.481 e. The molecular weight excluding hydrogens is 304 g/mol. The normalized spacial score (nSPS) is 16.8. The number of benzene rings is 1. The quantitative estimate of drug-likeness (QED) is 0.808. The first kappa shape index (κ1) is 16.7. The van der Waals surface area contributed by atoms with Crippen LogP contribution in [-0.2, 0) is 4.74 Å². The number of anilines is 1. The van der Waals surface area contributed by atoms with Crippen LogP contribution in [-0.4, -0.2) is 61.8 Å². The fourth-order valence-corrected chi connectivity index (χ4v) is 2.95. The van der Waals surface area contributed by atoms with Crippen molar-refractivity contribution in [1.29, 1.82) is 0 Å². The molecule has 0 amide bonds. The Labute approximate surface area is 143 Å². The Hall–Kier alpha value is -2.18. The second-order valence-electron chi connectivity index (χ2n) is 5.82. The van der Waals surface area contributed by atoms with Gasteiger partial charge in [-0.2, -0.15) is 4.98 Å². The maximum atomic E-state index is 5.68. The largest absolute Gasteiger partial charge is 0.481 e. The fourth-order valence-electron chi connectivity index (χ4n) is 2.95. The Morgan fingerprint density at radius 2 is 1.79 bits per heavy atom. The molecule has 2 heterocycles. The third-order valence-electron chi connectivity index (χ3n) is 4.36. The standard InChI is InChI=1S/C18H24N4O2/c1-23-16(15-6-4-3-5-7-15)14-21-10-12-22(13-11-21)18-19-9-8-17(20-18)24-2/h3-9,16H,10-14H2,1-2H3. The number of hydrogen-bond acceptors (Lipinski definition) is 6. The molecule has 24 heavy (non-hydrogen) atoms. The lowest BCUT2D eigenvalue weighted by Gasteiger charge is -2.36. The number of piperazine rings is 1. The van der Waals surface area contributed by atoms with Crippen LogP contribution >= 0.6 is 0 Å². The number of hydrogen-bond donors (Lipinski definition) is 0. The van der Waals surface area contributed by atoms with Gasteiger partial charge in [-0.25, -0.2) is 4.98 Å². The summed E-state index contributed by atoms with van der Waals surface area (Å²) >= 11 is 0. The molecule has 6 heteroatoms. The van der Waals surface area contributed by atoms with Crippen LogP contribution in [0, 0.1) is 0 Å². The van der Waals surface area contributed by atoms with Gasteiger partial charge < -0.3 is 14.4 Å². The van der Waals surface area contributed by atoms with E-state index in [1.807, 2.05) is 6.07 Å². The van der Waals surface area contributed by atoms with Crippen molar-refractivity contribution in [2.75, 3.05) is 51.8 Å². The number of nitrogens with zero attached hydrogens (tertiary/aromatic N) is 4. The van der Waals surface area contributed by atoms with Gasteiger partial charge in [0.2, 0.25) is 11.8 Å².